The van der Waals surface area contributed by atoms with Crippen molar-refractivity contribution in [1.82, 2.24) is 14.1 Å². The molecule has 1 aromatic heterocycles. The molecule has 0 radical (unpaired) electrons. The second-order valence-corrected chi connectivity index (χ2v) is 6.91. The summed E-state index contributed by atoms with van der Waals surface area (Å²) in [4.78, 5) is 0.262. The first-order valence-electron chi connectivity index (χ1n) is 5.45. The number of nitrogens with zero attached hydrogens (tertiary/aromatic N) is 3. The van der Waals surface area contributed by atoms with Crippen LogP contribution in [0.2, 0.25) is 0 Å². The van der Waals surface area contributed by atoms with Crippen LogP contribution in [0.1, 0.15) is 0 Å². The van der Waals surface area contributed by atoms with Gasteiger partial charge in [0.1, 0.15) is 4.90 Å². The summed E-state index contributed by atoms with van der Waals surface area (Å²) < 4.78 is 27.6. The molecule has 2 rings (SSSR count). The van der Waals surface area contributed by atoms with Crippen LogP contribution in [0.15, 0.2) is 17.3 Å². The highest BCUT2D eigenvalue weighted by Gasteiger charge is 2.27. The van der Waals surface area contributed by atoms with Crippen molar-refractivity contribution in [3.8, 4) is 0 Å². The standard InChI is InChI=1S/C9H16N4O2S2/c10-1-2-12-8-9(7-11-12)17(14,15)13-3-5-16-6-4-13/h7-8H,1-6,10H2. The summed E-state index contributed by atoms with van der Waals surface area (Å²) in [6.45, 7) is 2.14. The van der Waals surface area contributed by atoms with Gasteiger partial charge in [-0.15, -0.1) is 0 Å². The lowest BCUT2D eigenvalue weighted by molar-refractivity contribution is 0.443. The number of sulfonamides is 1. The Kier molecular flexibility index (Phi) is 4.08. The van der Waals surface area contributed by atoms with E-state index in [1.54, 1.807) is 22.6 Å². The van der Waals surface area contributed by atoms with Crippen LogP contribution in [0.5, 0.6) is 0 Å². The summed E-state index contributed by atoms with van der Waals surface area (Å²) >= 11 is 1.78. The number of hydrogen-bond acceptors (Lipinski definition) is 5. The highest BCUT2D eigenvalue weighted by Crippen LogP contribution is 2.19. The molecule has 96 valence electrons. The van der Waals surface area contributed by atoms with E-state index in [1.807, 2.05) is 0 Å². The van der Waals surface area contributed by atoms with E-state index in [1.165, 1.54) is 10.5 Å². The maximum atomic E-state index is 12.2. The fraction of sp³-hybridized carbons (Fsp3) is 0.667. The lowest BCUT2D eigenvalue weighted by atomic mass is 10.6. The van der Waals surface area contributed by atoms with Gasteiger partial charge in [-0.1, -0.05) is 0 Å². The fourth-order valence-corrected chi connectivity index (χ4v) is 4.20. The zero-order valence-corrected chi connectivity index (χ0v) is 11.1. The smallest absolute Gasteiger partial charge is 0.246 e. The highest BCUT2D eigenvalue weighted by molar-refractivity contribution is 7.99. The molecule has 8 heteroatoms. The highest BCUT2D eigenvalue weighted by atomic mass is 32.2. The average Bonchev–Trinajstić information content (AvgIpc) is 2.80. The van der Waals surface area contributed by atoms with Crippen molar-refractivity contribution in [3.63, 3.8) is 0 Å². The van der Waals surface area contributed by atoms with Crippen molar-refractivity contribution in [2.45, 2.75) is 11.4 Å². The van der Waals surface area contributed by atoms with Gasteiger partial charge in [0, 0.05) is 37.3 Å². The second kappa shape index (κ2) is 5.38. The van der Waals surface area contributed by atoms with Gasteiger partial charge in [0.15, 0.2) is 0 Å². The van der Waals surface area contributed by atoms with Gasteiger partial charge < -0.3 is 5.73 Å². The monoisotopic (exact) mass is 276 g/mol. The molecule has 0 amide bonds. The Morgan fingerprint density at radius 3 is 2.76 bits per heavy atom. The van der Waals surface area contributed by atoms with Crippen LogP contribution in [-0.2, 0) is 16.6 Å². The van der Waals surface area contributed by atoms with E-state index in [9.17, 15) is 8.42 Å². The van der Waals surface area contributed by atoms with Crippen LogP contribution < -0.4 is 5.73 Å². The Morgan fingerprint density at radius 2 is 2.12 bits per heavy atom. The average molecular weight is 276 g/mol. The Morgan fingerprint density at radius 1 is 1.41 bits per heavy atom. The summed E-state index contributed by atoms with van der Waals surface area (Å²) in [5, 5.41) is 3.99. The van der Waals surface area contributed by atoms with Gasteiger partial charge in [0.05, 0.1) is 12.7 Å². The summed E-state index contributed by atoms with van der Waals surface area (Å²) in [6.07, 6.45) is 2.94. The van der Waals surface area contributed by atoms with Crippen LogP contribution in [-0.4, -0.2) is 53.6 Å². The molecule has 0 bridgehead atoms. The molecule has 2 heterocycles. The molecule has 1 aliphatic heterocycles. The molecule has 1 aromatic rings. The summed E-state index contributed by atoms with van der Waals surface area (Å²) in [5.74, 6) is 1.71. The van der Waals surface area contributed by atoms with E-state index in [0.29, 0.717) is 26.2 Å². The van der Waals surface area contributed by atoms with Crippen molar-refractivity contribution < 1.29 is 8.42 Å². The minimum Gasteiger partial charge on any atom is -0.329 e. The predicted molar refractivity (Wildman–Crippen MR) is 67.4 cm³/mol. The minimum atomic E-state index is -3.36. The number of nitrogens with two attached hydrogens (primary N) is 1. The van der Waals surface area contributed by atoms with Gasteiger partial charge in [0.25, 0.3) is 0 Å². The number of thioether (sulfide) groups is 1. The quantitative estimate of drug-likeness (QED) is 0.808. The zero-order valence-electron chi connectivity index (χ0n) is 9.45. The van der Waals surface area contributed by atoms with E-state index in [0.717, 1.165) is 11.5 Å². The first-order valence-corrected chi connectivity index (χ1v) is 8.04. The molecule has 0 saturated carbocycles. The van der Waals surface area contributed by atoms with E-state index in [-0.39, 0.29) is 4.90 Å². The van der Waals surface area contributed by atoms with Gasteiger partial charge in [-0.2, -0.15) is 21.2 Å². The van der Waals surface area contributed by atoms with Crippen molar-refractivity contribution in [2.75, 3.05) is 31.1 Å². The topological polar surface area (TPSA) is 81.2 Å². The molecule has 1 fully saturated rings. The van der Waals surface area contributed by atoms with E-state index < -0.39 is 10.0 Å². The maximum Gasteiger partial charge on any atom is 0.246 e. The van der Waals surface area contributed by atoms with E-state index >= 15 is 0 Å². The number of hydrogen-bond donors (Lipinski definition) is 1. The fourth-order valence-electron chi connectivity index (χ4n) is 1.67. The van der Waals surface area contributed by atoms with Crippen LogP contribution >= 0.6 is 11.8 Å². The molecule has 2 N–H and O–H groups in total. The zero-order chi connectivity index (χ0) is 12.3. The van der Waals surface area contributed by atoms with Crippen LogP contribution in [0.4, 0.5) is 0 Å². The third kappa shape index (κ3) is 2.82. The number of rotatable bonds is 4. The lowest BCUT2D eigenvalue weighted by Gasteiger charge is -2.24. The van der Waals surface area contributed by atoms with Crippen molar-refractivity contribution >= 4 is 21.8 Å². The van der Waals surface area contributed by atoms with Gasteiger partial charge in [0.2, 0.25) is 10.0 Å². The molecule has 17 heavy (non-hydrogen) atoms. The first-order chi connectivity index (χ1) is 8.14. The molecular weight excluding hydrogens is 260 g/mol. The Balaban J connectivity index is 2.18. The Labute approximate surface area is 105 Å². The van der Waals surface area contributed by atoms with Crippen LogP contribution in [0, 0.1) is 0 Å². The Bertz CT molecular complexity index is 465. The minimum absolute atomic E-state index is 0.262. The SMILES string of the molecule is NCCn1cc(S(=O)(=O)N2CCSCC2)cn1. The predicted octanol–water partition coefficient (Wildman–Crippen LogP) is -0.421. The largest absolute Gasteiger partial charge is 0.329 e. The maximum absolute atomic E-state index is 12.2. The molecule has 0 aliphatic carbocycles. The lowest BCUT2D eigenvalue weighted by Crippen LogP contribution is -2.37. The first kappa shape index (κ1) is 12.9. The molecule has 1 aliphatic rings. The van der Waals surface area contributed by atoms with Crippen LogP contribution in [0.25, 0.3) is 0 Å². The summed E-state index contributed by atoms with van der Waals surface area (Å²) in [6, 6.07) is 0. The third-order valence-electron chi connectivity index (χ3n) is 2.58. The van der Waals surface area contributed by atoms with E-state index in [2.05, 4.69) is 5.10 Å². The van der Waals surface area contributed by atoms with Crippen LogP contribution in [0.3, 0.4) is 0 Å². The summed E-state index contributed by atoms with van der Waals surface area (Å²) in [5.41, 5.74) is 5.40. The Hall–Kier alpha value is -0.570. The molecular formula is C9H16N4O2S2. The number of aromatic nitrogens is 2. The molecule has 0 spiro atoms. The van der Waals surface area contributed by atoms with E-state index in [4.69, 9.17) is 5.73 Å². The molecule has 0 unspecified atom stereocenters. The van der Waals surface area contributed by atoms with Gasteiger partial charge in [-0.3, -0.25) is 4.68 Å². The second-order valence-electron chi connectivity index (χ2n) is 3.74. The van der Waals surface area contributed by atoms with Crippen molar-refractivity contribution in [2.24, 2.45) is 5.73 Å². The molecule has 0 atom stereocenters. The van der Waals surface area contributed by atoms with Gasteiger partial charge >= 0.3 is 0 Å². The van der Waals surface area contributed by atoms with Gasteiger partial charge in [-0.05, 0) is 0 Å². The summed E-state index contributed by atoms with van der Waals surface area (Å²) in [7, 11) is -3.36. The van der Waals surface area contributed by atoms with Crippen molar-refractivity contribution in [1.29, 1.82) is 0 Å². The molecule has 0 aromatic carbocycles. The third-order valence-corrected chi connectivity index (χ3v) is 5.37. The van der Waals surface area contributed by atoms with Gasteiger partial charge in [-0.25, -0.2) is 8.42 Å². The van der Waals surface area contributed by atoms with Crippen molar-refractivity contribution in [3.05, 3.63) is 12.4 Å². The molecule has 6 nitrogen and oxygen atoms in total. The normalized spacial score (nSPS) is 18.4. The molecule has 1 saturated heterocycles.